The molecular formula is C19H22N4O. The van der Waals surface area contributed by atoms with E-state index in [0.29, 0.717) is 12.5 Å². The van der Waals surface area contributed by atoms with Gasteiger partial charge in [0.1, 0.15) is 5.82 Å². The summed E-state index contributed by atoms with van der Waals surface area (Å²) in [7, 11) is 0. The molecule has 1 aliphatic heterocycles. The predicted octanol–water partition coefficient (Wildman–Crippen LogP) is 3.88. The second-order valence-electron chi connectivity index (χ2n) is 6.32. The third-order valence-corrected chi connectivity index (χ3v) is 4.12. The Kier molecular flexibility index (Phi) is 4.60. The lowest BCUT2D eigenvalue weighted by Crippen LogP contribution is -2.41. The van der Waals surface area contributed by atoms with E-state index in [1.165, 1.54) is 0 Å². The largest absolute Gasteiger partial charge is 0.322 e. The SMILES string of the molecule is Cc1nccc(-c2cccc(NC(=O)N3CC=CC3C(C)C)c2)n1. The predicted molar refractivity (Wildman–Crippen MR) is 95.7 cm³/mol. The maximum atomic E-state index is 12.6. The first-order valence-corrected chi connectivity index (χ1v) is 8.19. The summed E-state index contributed by atoms with van der Waals surface area (Å²) in [5.74, 6) is 1.12. The fourth-order valence-corrected chi connectivity index (χ4v) is 2.91. The highest BCUT2D eigenvalue weighted by Crippen LogP contribution is 2.23. The fraction of sp³-hybridized carbons (Fsp3) is 0.316. The summed E-state index contributed by atoms with van der Waals surface area (Å²) < 4.78 is 0. The zero-order valence-electron chi connectivity index (χ0n) is 14.2. The molecule has 1 N–H and O–H groups in total. The van der Waals surface area contributed by atoms with Gasteiger partial charge in [0.2, 0.25) is 0 Å². The molecule has 1 aromatic heterocycles. The van der Waals surface area contributed by atoms with Crippen molar-refractivity contribution in [1.29, 1.82) is 0 Å². The Bertz CT molecular complexity index is 769. The molecule has 2 aromatic rings. The Morgan fingerprint density at radius 3 is 2.92 bits per heavy atom. The van der Waals surface area contributed by atoms with E-state index in [4.69, 9.17) is 0 Å². The molecule has 24 heavy (non-hydrogen) atoms. The first kappa shape index (κ1) is 16.2. The van der Waals surface area contributed by atoms with Crippen LogP contribution < -0.4 is 5.32 Å². The molecule has 1 aromatic carbocycles. The van der Waals surface area contributed by atoms with Crippen molar-refractivity contribution in [1.82, 2.24) is 14.9 Å². The minimum absolute atomic E-state index is 0.0743. The molecule has 0 fully saturated rings. The van der Waals surface area contributed by atoms with E-state index in [0.717, 1.165) is 22.8 Å². The molecule has 0 radical (unpaired) electrons. The first-order valence-electron chi connectivity index (χ1n) is 8.19. The smallest absolute Gasteiger partial charge is 0.314 e. The molecule has 0 spiro atoms. The Balaban J connectivity index is 1.76. The Morgan fingerprint density at radius 1 is 1.33 bits per heavy atom. The summed E-state index contributed by atoms with van der Waals surface area (Å²) in [6.07, 6.45) is 5.89. The van der Waals surface area contributed by atoms with E-state index in [1.807, 2.05) is 48.2 Å². The van der Waals surface area contributed by atoms with Gasteiger partial charge in [-0.05, 0) is 31.0 Å². The summed E-state index contributed by atoms with van der Waals surface area (Å²) in [5.41, 5.74) is 2.57. The zero-order valence-corrected chi connectivity index (χ0v) is 14.2. The number of aryl methyl sites for hydroxylation is 1. The number of carbonyl (C=O) groups is 1. The molecule has 0 saturated heterocycles. The zero-order chi connectivity index (χ0) is 17.1. The summed E-state index contributed by atoms with van der Waals surface area (Å²) >= 11 is 0. The molecule has 1 atom stereocenters. The molecular weight excluding hydrogens is 300 g/mol. The lowest BCUT2D eigenvalue weighted by Gasteiger charge is -2.27. The quantitative estimate of drug-likeness (QED) is 0.872. The molecule has 124 valence electrons. The van der Waals surface area contributed by atoms with Crippen LogP contribution in [-0.4, -0.2) is 33.5 Å². The number of anilines is 1. The second-order valence-corrected chi connectivity index (χ2v) is 6.32. The Labute approximate surface area is 142 Å². The van der Waals surface area contributed by atoms with E-state index in [2.05, 4.69) is 35.2 Å². The van der Waals surface area contributed by atoms with Gasteiger partial charge in [0.05, 0.1) is 11.7 Å². The number of urea groups is 1. The van der Waals surface area contributed by atoms with Crippen LogP contribution in [0.5, 0.6) is 0 Å². The van der Waals surface area contributed by atoms with E-state index >= 15 is 0 Å². The Morgan fingerprint density at radius 2 is 2.17 bits per heavy atom. The Hall–Kier alpha value is -2.69. The maximum absolute atomic E-state index is 12.6. The van der Waals surface area contributed by atoms with Crippen LogP contribution in [0.4, 0.5) is 10.5 Å². The molecule has 0 aliphatic carbocycles. The van der Waals surface area contributed by atoms with Gasteiger partial charge in [-0.1, -0.05) is 38.1 Å². The van der Waals surface area contributed by atoms with Gasteiger partial charge >= 0.3 is 6.03 Å². The van der Waals surface area contributed by atoms with Crippen LogP contribution >= 0.6 is 0 Å². The lowest BCUT2D eigenvalue weighted by atomic mass is 10.1. The fourth-order valence-electron chi connectivity index (χ4n) is 2.91. The third kappa shape index (κ3) is 3.45. The maximum Gasteiger partial charge on any atom is 0.322 e. The van der Waals surface area contributed by atoms with Gasteiger partial charge in [-0.2, -0.15) is 0 Å². The van der Waals surface area contributed by atoms with Gasteiger partial charge in [0, 0.05) is 24.0 Å². The number of aromatic nitrogens is 2. The number of hydrogen-bond acceptors (Lipinski definition) is 3. The number of hydrogen-bond donors (Lipinski definition) is 1. The van der Waals surface area contributed by atoms with Crippen molar-refractivity contribution in [3.63, 3.8) is 0 Å². The molecule has 5 nitrogen and oxygen atoms in total. The van der Waals surface area contributed by atoms with Gasteiger partial charge in [0.25, 0.3) is 0 Å². The highest BCUT2D eigenvalue weighted by molar-refractivity contribution is 5.90. The summed E-state index contributed by atoms with van der Waals surface area (Å²) in [6, 6.07) is 9.67. The van der Waals surface area contributed by atoms with Crippen molar-refractivity contribution >= 4 is 11.7 Å². The van der Waals surface area contributed by atoms with Gasteiger partial charge < -0.3 is 10.2 Å². The second kappa shape index (κ2) is 6.83. The van der Waals surface area contributed by atoms with E-state index in [9.17, 15) is 4.79 Å². The standard InChI is InChI=1S/C19H22N4O/c1-13(2)18-8-5-11-23(18)19(24)22-16-7-4-6-15(12-16)17-9-10-20-14(3)21-17/h4-10,12-13,18H,11H2,1-3H3,(H,22,24). The topological polar surface area (TPSA) is 58.1 Å². The highest BCUT2D eigenvalue weighted by atomic mass is 16.2. The van der Waals surface area contributed by atoms with Crippen molar-refractivity contribution in [2.45, 2.75) is 26.8 Å². The number of nitrogens with one attached hydrogen (secondary N) is 1. The van der Waals surface area contributed by atoms with Crippen molar-refractivity contribution in [2.24, 2.45) is 5.92 Å². The highest BCUT2D eigenvalue weighted by Gasteiger charge is 2.26. The van der Waals surface area contributed by atoms with Crippen molar-refractivity contribution in [3.05, 3.63) is 54.5 Å². The van der Waals surface area contributed by atoms with Crippen LogP contribution in [0, 0.1) is 12.8 Å². The molecule has 1 aliphatic rings. The van der Waals surface area contributed by atoms with Gasteiger partial charge in [0.15, 0.2) is 0 Å². The molecule has 5 heteroatoms. The van der Waals surface area contributed by atoms with E-state index in [1.54, 1.807) is 6.20 Å². The summed E-state index contributed by atoms with van der Waals surface area (Å²) in [6.45, 7) is 6.76. The lowest BCUT2D eigenvalue weighted by molar-refractivity contribution is 0.199. The monoisotopic (exact) mass is 322 g/mol. The third-order valence-electron chi connectivity index (χ3n) is 4.12. The average Bonchev–Trinajstić information content (AvgIpc) is 3.05. The molecule has 2 amide bonds. The molecule has 3 rings (SSSR count). The summed E-state index contributed by atoms with van der Waals surface area (Å²) in [4.78, 5) is 23.0. The molecule has 2 heterocycles. The minimum Gasteiger partial charge on any atom is -0.314 e. The van der Waals surface area contributed by atoms with E-state index < -0.39 is 0 Å². The van der Waals surface area contributed by atoms with Crippen LogP contribution in [0.2, 0.25) is 0 Å². The van der Waals surface area contributed by atoms with Crippen molar-refractivity contribution in [3.8, 4) is 11.3 Å². The first-order chi connectivity index (χ1) is 11.5. The number of rotatable bonds is 3. The molecule has 0 bridgehead atoms. The van der Waals surface area contributed by atoms with Crippen LogP contribution in [-0.2, 0) is 0 Å². The van der Waals surface area contributed by atoms with Crippen molar-refractivity contribution in [2.75, 3.05) is 11.9 Å². The van der Waals surface area contributed by atoms with Crippen LogP contribution in [0.25, 0.3) is 11.3 Å². The average molecular weight is 322 g/mol. The van der Waals surface area contributed by atoms with Crippen LogP contribution in [0.15, 0.2) is 48.7 Å². The number of carbonyl (C=O) groups excluding carboxylic acids is 1. The minimum atomic E-state index is -0.0743. The van der Waals surface area contributed by atoms with Crippen LogP contribution in [0.3, 0.4) is 0 Å². The number of amides is 2. The van der Waals surface area contributed by atoms with Crippen LogP contribution in [0.1, 0.15) is 19.7 Å². The normalized spacial score (nSPS) is 16.7. The molecule has 0 saturated carbocycles. The number of benzene rings is 1. The van der Waals surface area contributed by atoms with E-state index in [-0.39, 0.29) is 12.1 Å². The summed E-state index contributed by atoms with van der Waals surface area (Å²) in [5, 5.41) is 3.00. The number of nitrogens with zero attached hydrogens (tertiary/aromatic N) is 3. The van der Waals surface area contributed by atoms with Crippen molar-refractivity contribution < 1.29 is 4.79 Å². The molecule has 1 unspecified atom stereocenters. The van der Waals surface area contributed by atoms with Gasteiger partial charge in [-0.15, -0.1) is 0 Å². The van der Waals surface area contributed by atoms with Gasteiger partial charge in [-0.3, -0.25) is 0 Å². The van der Waals surface area contributed by atoms with Gasteiger partial charge in [-0.25, -0.2) is 14.8 Å².